The van der Waals surface area contributed by atoms with Gasteiger partial charge in [-0.3, -0.25) is 0 Å². The van der Waals surface area contributed by atoms with Crippen LogP contribution in [0.15, 0.2) is 0 Å². The zero-order valence-corrected chi connectivity index (χ0v) is 6.76. The molecule has 3 heteroatoms. The summed E-state index contributed by atoms with van der Waals surface area (Å²) >= 11 is 0. The summed E-state index contributed by atoms with van der Waals surface area (Å²) in [6, 6.07) is 0. The van der Waals surface area contributed by atoms with E-state index in [-0.39, 0.29) is 5.44 Å². The zero-order valence-electron chi connectivity index (χ0n) is 5.19. The molecule has 0 aliphatic rings. The van der Waals surface area contributed by atoms with Crippen LogP contribution in [0.3, 0.4) is 0 Å². The molecule has 0 aromatic carbocycles. The van der Waals surface area contributed by atoms with Crippen molar-refractivity contribution in [1.82, 2.24) is 0 Å². The fraction of sp³-hybridized carbons (Fsp3) is 1.00. The van der Waals surface area contributed by atoms with Crippen LogP contribution in [-0.2, 0) is 4.74 Å². The molecular weight excluding hydrogens is 144 g/mol. The van der Waals surface area contributed by atoms with Gasteiger partial charge in [-0.2, -0.15) is 0 Å². The van der Waals surface area contributed by atoms with Crippen LogP contribution in [0.25, 0.3) is 0 Å². The van der Waals surface area contributed by atoms with Crippen molar-refractivity contribution in [1.29, 1.82) is 0 Å². The van der Waals surface area contributed by atoms with Crippen LogP contribution in [0.5, 0.6) is 0 Å². The lowest BCUT2D eigenvalue weighted by atomic mass is 10.5. The van der Waals surface area contributed by atoms with Gasteiger partial charge in [0.2, 0.25) is 0 Å². The third-order valence-corrected chi connectivity index (χ3v) is 1.82. The van der Waals surface area contributed by atoms with Gasteiger partial charge in [-0.05, 0) is 35.0 Å². The molecule has 0 radical (unpaired) electrons. The smallest absolute Gasteiger partial charge is 0.115 e. The lowest BCUT2D eigenvalue weighted by Crippen LogP contribution is -2.01. The van der Waals surface area contributed by atoms with E-state index in [1.165, 1.54) is 11.0 Å². The summed E-state index contributed by atoms with van der Waals surface area (Å²) in [4.78, 5) is 0. The van der Waals surface area contributed by atoms with Crippen molar-refractivity contribution >= 4 is 21.7 Å². The van der Waals surface area contributed by atoms with Crippen LogP contribution in [0, 0.1) is 0 Å². The van der Waals surface area contributed by atoms with E-state index >= 15 is 0 Å². The topological polar surface area (TPSA) is 9.23 Å². The number of ether oxygens (including phenoxy) is 1. The first-order chi connectivity index (χ1) is 3.81. The van der Waals surface area contributed by atoms with Crippen LogP contribution in [0.4, 0.5) is 0 Å². The van der Waals surface area contributed by atoms with Gasteiger partial charge in [0, 0.05) is 6.61 Å². The average molecular weight is 155 g/mol. The van der Waals surface area contributed by atoms with Crippen molar-refractivity contribution in [3.63, 3.8) is 0 Å². The SMILES string of the molecule is CCCOC(C)SCl. The zero-order chi connectivity index (χ0) is 6.41. The average Bonchev–Trinajstić information content (AvgIpc) is 1.83. The minimum Gasteiger partial charge on any atom is -0.367 e. The number of rotatable bonds is 4. The van der Waals surface area contributed by atoms with Crippen molar-refractivity contribution in [3.8, 4) is 0 Å². The summed E-state index contributed by atoms with van der Waals surface area (Å²) in [7, 11) is 6.59. The maximum Gasteiger partial charge on any atom is 0.115 e. The Hall–Kier alpha value is 0.600. The molecule has 0 aliphatic carbocycles. The number of hydrogen-bond acceptors (Lipinski definition) is 2. The maximum atomic E-state index is 5.38. The van der Waals surface area contributed by atoms with Gasteiger partial charge in [0.15, 0.2) is 0 Å². The van der Waals surface area contributed by atoms with Gasteiger partial charge in [0.1, 0.15) is 5.44 Å². The summed E-state index contributed by atoms with van der Waals surface area (Å²) in [6.07, 6.45) is 1.06. The van der Waals surface area contributed by atoms with Gasteiger partial charge in [0.25, 0.3) is 0 Å². The highest BCUT2D eigenvalue weighted by atomic mass is 35.7. The highest BCUT2D eigenvalue weighted by Crippen LogP contribution is 2.15. The van der Waals surface area contributed by atoms with Crippen molar-refractivity contribution in [2.45, 2.75) is 25.7 Å². The van der Waals surface area contributed by atoms with Gasteiger partial charge in [-0.25, -0.2) is 0 Å². The Bertz CT molecular complexity index is 51.7. The third kappa shape index (κ3) is 4.75. The molecule has 0 aromatic heterocycles. The Labute approximate surface area is 59.2 Å². The Morgan fingerprint density at radius 1 is 1.75 bits per heavy atom. The number of halogens is 1. The summed E-state index contributed by atoms with van der Waals surface area (Å²) in [5.41, 5.74) is 0.136. The van der Waals surface area contributed by atoms with Crippen molar-refractivity contribution in [2.75, 3.05) is 6.61 Å². The van der Waals surface area contributed by atoms with Crippen LogP contribution >= 0.6 is 21.7 Å². The molecular formula is C5H11ClOS. The highest BCUT2D eigenvalue weighted by molar-refractivity contribution is 8.21. The molecule has 50 valence electrons. The first kappa shape index (κ1) is 8.60. The minimum atomic E-state index is 0.136. The van der Waals surface area contributed by atoms with Gasteiger partial charge in [-0.1, -0.05) is 6.92 Å². The van der Waals surface area contributed by atoms with Crippen LogP contribution in [0.2, 0.25) is 0 Å². The second-order valence-corrected chi connectivity index (χ2v) is 2.90. The lowest BCUT2D eigenvalue weighted by Gasteiger charge is -2.05. The van der Waals surface area contributed by atoms with Gasteiger partial charge in [0.05, 0.1) is 0 Å². The summed E-state index contributed by atoms with van der Waals surface area (Å²) in [5.74, 6) is 0. The molecule has 0 bridgehead atoms. The van der Waals surface area contributed by atoms with E-state index in [1.807, 2.05) is 6.92 Å². The van der Waals surface area contributed by atoms with Crippen LogP contribution in [-0.4, -0.2) is 12.0 Å². The molecule has 1 atom stereocenters. The summed E-state index contributed by atoms with van der Waals surface area (Å²) in [5, 5.41) is 0. The predicted molar refractivity (Wildman–Crippen MR) is 39.1 cm³/mol. The Morgan fingerprint density at radius 2 is 2.38 bits per heavy atom. The van der Waals surface area contributed by atoms with E-state index in [0.717, 1.165) is 13.0 Å². The molecule has 0 heterocycles. The molecule has 0 rings (SSSR count). The molecule has 0 saturated carbocycles. The Balaban J connectivity index is 2.86. The van der Waals surface area contributed by atoms with Gasteiger partial charge in [-0.15, -0.1) is 0 Å². The summed E-state index contributed by atoms with van der Waals surface area (Å²) in [6.45, 7) is 4.82. The molecule has 0 aromatic rings. The summed E-state index contributed by atoms with van der Waals surface area (Å²) < 4.78 is 5.17. The van der Waals surface area contributed by atoms with Gasteiger partial charge < -0.3 is 4.74 Å². The maximum absolute atomic E-state index is 5.38. The van der Waals surface area contributed by atoms with E-state index in [1.54, 1.807) is 0 Å². The monoisotopic (exact) mass is 154 g/mol. The Kier molecular flexibility index (Phi) is 6.16. The van der Waals surface area contributed by atoms with E-state index < -0.39 is 0 Å². The Morgan fingerprint density at radius 3 is 2.75 bits per heavy atom. The molecule has 1 unspecified atom stereocenters. The van der Waals surface area contributed by atoms with E-state index in [9.17, 15) is 0 Å². The number of hydrogen-bond donors (Lipinski definition) is 0. The first-order valence-electron chi connectivity index (χ1n) is 2.70. The van der Waals surface area contributed by atoms with Crippen molar-refractivity contribution < 1.29 is 4.74 Å². The molecule has 8 heavy (non-hydrogen) atoms. The molecule has 0 amide bonds. The quantitative estimate of drug-likeness (QED) is 0.576. The van der Waals surface area contributed by atoms with Crippen molar-refractivity contribution in [3.05, 3.63) is 0 Å². The molecule has 0 N–H and O–H groups in total. The molecule has 0 fully saturated rings. The van der Waals surface area contributed by atoms with E-state index in [0.29, 0.717) is 0 Å². The van der Waals surface area contributed by atoms with Crippen LogP contribution < -0.4 is 0 Å². The minimum absolute atomic E-state index is 0.136. The molecule has 0 saturated heterocycles. The second-order valence-electron chi connectivity index (χ2n) is 1.53. The van der Waals surface area contributed by atoms with E-state index in [2.05, 4.69) is 6.92 Å². The fourth-order valence-electron chi connectivity index (χ4n) is 0.310. The normalized spacial score (nSPS) is 13.9. The standard InChI is InChI=1S/C5H11ClOS/c1-3-4-7-5(2)8-6/h5H,3-4H2,1-2H3. The first-order valence-corrected chi connectivity index (χ1v) is 4.40. The largest absolute Gasteiger partial charge is 0.367 e. The van der Waals surface area contributed by atoms with Gasteiger partial charge >= 0.3 is 0 Å². The molecule has 0 aliphatic heterocycles. The fourth-order valence-corrected chi connectivity index (χ4v) is 0.611. The van der Waals surface area contributed by atoms with E-state index in [4.69, 9.17) is 15.4 Å². The second kappa shape index (κ2) is 5.73. The molecule has 0 spiro atoms. The highest BCUT2D eigenvalue weighted by Gasteiger charge is 1.96. The van der Waals surface area contributed by atoms with Crippen LogP contribution in [0.1, 0.15) is 20.3 Å². The third-order valence-electron chi connectivity index (χ3n) is 0.682. The lowest BCUT2D eigenvalue weighted by molar-refractivity contribution is 0.125. The molecule has 1 nitrogen and oxygen atoms in total. The van der Waals surface area contributed by atoms with Crippen molar-refractivity contribution in [2.24, 2.45) is 0 Å². The predicted octanol–water partition coefficient (Wildman–Crippen LogP) is 2.65.